The van der Waals surface area contributed by atoms with Crippen molar-refractivity contribution in [1.82, 2.24) is 14.9 Å². The molecular formula is C18H23N3O2. The lowest BCUT2D eigenvalue weighted by Crippen LogP contribution is -2.24. The van der Waals surface area contributed by atoms with Crippen molar-refractivity contribution in [2.45, 2.75) is 32.2 Å². The van der Waals surface area contributed by atoms with E-state index in [1.54, 1.807) is 13.2 Å². The maximum Gasteiger partial charge on any atom is 0.251 e. The second-order valence-corrected chi connectivity index (χ2v) is 6.00. The summed E-state index contributed by atoms with van der Waals surface area (Å²) in [5.74, 6) is 2.18. The summed E-state index contributed by atoms with van der Waals surface area (Å²) < 4.78 is 5.48. The summed E-state index contributed by atoms with van der Waals surface area (Å²) in [5, 5.41) is 0. The van der Waals surface area contributed by atoms with Crippen molar-refractivity contribution in [3.05, 3.63) is 57.8 Å². The number of H-pyrrole nitrogens is 1. The molecule has 2 heterocycles. The monoisotopic (exact) mass is 313 g/mol. The smallest absolute Gasteiger partial charge is 0.251 e. The predicted molar refractivity (Wildman–Crippen MR) is 89.9 cm³/mol. The fraction of sp³-hybridized carbons (Fsp3) is 0.444. The highest BCUT2D eigenvalue weighted by Gasteiger charge is 2.26. The Morgan fingerprint density at radius 3 is 3.00 bits per heavy atom. The van der Waals surface area contributed by atoms with Crippen LogP contribution in [-0.2, 0) is 13.0 Å². The lowest BCUT2D eigenvalue weighted by atomic mass is 9.97. The van der Waals surface area contributed by atoms with Gasteiger partial charge in [0.25, 0.3) is 5.56 Å². The van der Waals surface area contributed by atoms with Crippen LogP contribution in [-0.4, -0.2) is 35.1 Å². The van der Waals surface area contributed by atoms with Gasteiger partial charge in [-0.3, -0.25) is 9.69 Å². The molecule has 1 saturated heterocycles. The minimum absolute atomic E-state index is 0.0627. The van der Waals surface area contributed by atoms with Crippen molar-refractivity contribution in [2.75, 3.05) is 20.2 Å². The lowest BCUT2D eigenvalue weighted by Gasteiger charge is -2.17. The number of hydrogen-bond donors (Lipinski definition) is 1. The number of para-hydroxylation sites is 1. The molecule has 0 bridgehead atoms. The molecule has 1 aliphatic heterocycles. The highest BCUT2D eigenvalue weighted by Crippen LogP contribution is 2.33. The number of hydrogen-bond acceptors (Lipinski definition) is 4. The third kappa shape index (κ3) is 3.62. The number of nitrogens with one attached hydrogen (secondary N) is 1. The first-order chi connectivity index (χ1) is 11.2. The molecule has 122 valence electrons. The van der Waals surface area contributed by atoms with Crippen LogP contribution in [0.5, 0.6) is 5.75 Å². The molecule has 1 fully saturated rings. The van der Waals surface area contributed by atoms with Gasteiger partial charge >= 0.3 is 0 Å². The van der Waals surface area contributed by atoms with Gasteiger partial charge in [0.2, 0.25) is 0 Å². The molecule has 1 aromatic heterocycles. The topological polar surface area (TPSA) is 58.2 Å². The third-order valence-electron chi connectivity index (χ3n) is 4.43. The number of nitrogens with zero attached hydrogens (tertiary/aromatic N) is 2. The van der Waals surface area contributed by atoms with Crippen molar-refractivity contribution in [3.8, 4) is 5.75 Å². The van der Waals surface area contributed by atoms with E-state index >= 15 is 0 Å². The van der Waals surface area contributed by atoms with Gasteiger partial charge in [-0.2, -0.15) is 0 Å². The van der Waals surface area contributed by atoms with Gasteiger partial charge in [0.15, 0.2) is 0 Å². The Morgan fingerprint density at radius 2 is 2.22 bits per heavy atom. The van der Waals surface area contributed by atoms with Crippen LogP contribution in [0.4, 0.5) is 0 Å². The maximum absolute atomic E-state index is 11.7. The van der Waals surface area contributed by atoms with E-state index in [0.717, 1.165) is 43.2 Å². The molecular weight excluding hydrogens is 290 g/mol. The second-order valence-electron chi connectivity index (χ2n) is 6.00. The first kappa shape index (κ1) is 15.7. The zero-order chi connectivity index (χ0) is 16.2. The first-order valence-electron chi connectivity index (χ1n) is 8.14. The molecule has 1 N–H and O–H groups in total. The molecule has 1 unspecified atom stereocenters. The van der Waals surface area contributed by atoms with Crippen LogP contribution in [0.2, 0.25) is 0 Å². The van der Waals surface area contributed by atoms with Gasteiger partial charge in [-0.05, 0) is 31.0 Å². The fourth-order valence-electron chi connectivity index (χ4n) is 3.26. The van der Waals surface area contributed by atoms with Gasteiger partial charge in [0.05, 0.1) is 13.7 Å². The molecule has 0 radical (unpaired) electrons. The van der Waals surface area contributed by atoms with Gasteiger partial charge in [-0.1, -0.05) is 25.1 Å². The molecule has 0 aliphatic carbocycles. The molecule has 1 aliphatic rings. The summed E-state index contributed by atoms with van der Waals surface area (Å²) in [4.78, 5) is 21.4. The van der Waals surface area contributed by atoms with Crippen LogP contribution >= 0.6 is 0 Å². The predicted octanol–water partition coefficient (Wildman–Crippen LogP) is 2.33. The molecule has 23 heavy (non-hydrogen) atoms. The van der Waals surface area contributed by atoms with E-state index in [2.05, 4.69) is 27.0 Å². The number of rotatable bonds is 5. The van der Waals surface area contributed by atoms with Crippen LogP contribution in [0, 0.1) is 0 Å². The Kier molecular flexibility index (Phi) is 4.76. The molecule has 5 nitrogen and oxygen atoms in total. The highest BCUT2D eigenvalue weighted by atomic mass is 16.5. The van der Waals surface area contributed by atoms with Gasteiger partial charge < -0.3 is 9.72 Å². The standard InChI is InChI=1S/C18H23N3O2/c1-3-14-10-18(22)20-17(19-14)12-21-9-8-13(11-21)15-6-4-5-7-16(15)23-2/h4-7,10,13H,3,8-9,11-12H2,1-2H3,(H,19,20,22). The van der Waals surface area contributed by atoms with E-state index < -0.39 is 0 Å². The molecule has 1 aromatic carbocycles. The molecule has 1 atom stereocenters. The minimum atomic E-state index is -0.0627. The molecule has 0 amide bonds. The van der Waals surface area contributed by atoms with E-state index in [1.165, 1.54) is 5.56 Å². The van der Waals surface area contributed by atoms with Crippen molar-refractivity contribution < 1.29 is 4.74 Å². The summed E-state index contributed by atoms with van der Waals surface area (Å²) in [7, 11) is 1.72. The Bertz CT molecular complexity index is 726. The number of benzene rings is 1. The summed E-state index contributed by atoms with van der Waals surface area (Å²) in [6.07, 6.45) is 1.87. The molecule has 5 heteroatoms. The Morgan fingerprint density at radius 1 is 1.39 bits per heavy atom. The quantitative estimate of drug-likeness (QED) is 0.920. The van der Waals surface area contributed by atoms with Crippen LogP contribution in [0.3, 0.4) is 0 Å². The van der Waals surface area contributed by atoms with Gasteiger partial charge in [-0.15, -0.1) is 0 Å². The zero-order valence-corrected chi connectivity index (χ0v) is 13.7. The van der Waals surface area contributed by atoms with Gasteiger partial charge in [-0.25, -0.2) is 4.98 Å². The van der Waals surface area contributed by atoms with E-state index in [4.69, 9.17) is 4.74 Å². The van der Waals surface area contributed by atoms with E-state index in [0.29, 0.717) is 12.5 Å². The molecule has 2 aromatic rings. The van der Waals surface area contributed by atoms with Crippen LogP contribution in [0.15, 0.2) is 35.1 Å². The second kappa shape index (κ2) is 6.96. The van der Waals surface area contributed by atoms with Crippen molar-refractivity contribution >= 4 is 0 Å². The Hall–Kier alpha value is -2.14. The molecule has 3 rings (SSSR count). The highest BCUT2D eigenvalue weighted by molar-refractivity contribution is 5.37. The summed E-state index contributed by atoms with van der Waals surface area (Å²) in [6, 6.07) is 9.79. The average Bonchev–Trinajstić information content (AvgIpc) is 3.02. The van der Waals surface area contributed by atoms with Crippen LogP contribution < -0.4 is 10.3 Å². The number of methoxy groups -OCH3 is 1. The number of aromatic amines is 1. The number of ether oxygens (including phenoxy) is 1. The molecule has 0 saturated carbocycles. The van der Waals surface area contributed by atoms with Crippen molar-refractivity contribution in [3.63, 3.8) is 0 Å². The van der Waals surface area contributed by atoms with E-state index in [1.807, 2.05) is 19.1 Å². The number of likely N-dealkylation sites (tertiary alicyclic amines) is 1. The van der Waals surface area contributed by atoms with E-state index in [9.17, 15) is 4.79 Å². The normalized spacial score (nSPS) is 18.3. The largest absolute Gasteiger partial charge is 0.496 e. The average molecular weight is 313 g/mol. The maximum atomic E-state index is 11.7. The first-order valence-corrected chi connectivity index (χ1v) is 8.14. The molecule has 0 spiro atoms. The lowest BCUT2D eigenvalue weighted by molar-refractivity contribution is 0.316. The van der Waals surface area contributed by atoms with Crippen molar-refractivity contribution in [2.24, 2.45) is 0 Å². The summed E-state index contributed by atoms with van der Waals surface area (Å²) in [6.45, 7) is 4.66. The Balaban J connectivity index is 1.71. The van der Waals surface area contributed by atoms with Crippen LogP contribution in [0.1, 0.15) is 36.3 Å². The summed E-state index contributed by atoms with van der Waals surface area (Å²) >= 11 is 0. The van der Waals surface area contributed by atoms with Crippen molar-refractivity contribution in [1.29, 1.82) is 0 Å². The zero-order valence-electron chi connectivity index (χ0n) is 13.7. The van der Waals surface area contributed by atoms with Crippen LogP contribution in [0.25, 0.3) is 0 Å². The van der Waals surface area contributed by atoms with E-state index in [-0.39, 0.29) is 5.56 Å². The third-order valence-corrected chi connectivity index (χ3v) is 4.43. The summed E-state index contributed by atoms with van der Waals surface area (Å²) in [5.41, 5.74) is 2.05. The minimum Gasteiger partial charge on any atom is -0.496 e. The number of aromatic nitrogens is 2. The fourth-order valence-corrected chi connectivity index (χ4v) is 3.26. The van der Waals surface area contributed by atoms with Gasteiger partial charge in [0.1, 0.15) is 11.6 Å². The van der Waals surface area contributed by atoms with Gasteiger partial charge in [0, 0.05) is 24.2 Å². The Labute approximate surface area is 136 Å². The number of aryl methyl sites for hydroxylation is 1. The SMILES string of the molecule is CCc1cc(=O)[nH]c(CN2CCC(c3ccccc3OC)C2)n1.